The summed E-state index contributed by atoms with van der Waals surface area (Å²) in [6, 6.07) is 71.0. The molecule has 0 bridgehead atoms. The zero-order valence-electron chi connectivity index (χ0n) is 31.3. The Bertz CT molecular complexity index is 3490. The zero-order chi connectivity index (χ0) is 38.2. The van der Waals surface area contributed by atoms with E-state index in [4.69, 9.17) is 15.0 Å². The fourth-order valence-corrected chi connectivity index (χ4v) is 8.86. The van der Waals surface area contributed by atoms with Crippen molar-refractivity contribution in [1.29, 1.82) is 0 Å². The van der Waals surface area contributed by atoms with Crippen molar-refractivity contribution in [2.24, 2.45) is 0 Å². The normalized spacial score (nSPS) is 11.8. The topological polar surface area (TPSA) is 48.0 Å². The van der Waals surface area contributed by atoms with E-state index >= 15 is 0 Å². The van der Waals surface area contributed by atoms with Crippen LogP contribution in [-0.2, 0) is 0 Å². The van der Waals surface area contributed by atoms with E-state index in [1.54, 1.807) is 0 Å². The first-order valence-electron chi connectivity index (χ1n) is 19.6. The molecule has 12 rings (SSSR count). The number of benzene rings is 8. The summed E-state index contributed by atoms with van der Waals surface area (Å²) in [5.74, 6) is 1.94. The van der Waals surface area contributed by atoms with Crippen LogP contribution in [-0.4, -0.2) is 23.9 Å². The van der Waals surface area contributed by atoms with Crippen LogP contribution in [0.2, 0.25) is 0 Å². The van der Waals surface area contributed by atoms with E-state index in [2.05, 4.69) is 148 Å². The summed E-state index contributed by atoms with van der Waals surface area (Å²) in [7, 11) is 0. The van der Waals surface area contributed by atoms with Crippen LogP contribution in [0.1, 0.15) is 0 Å². The molecule has 4 heterocycles. The van der Waals surface area contributed by atoms with Crippen molar-refractivity contribution in [2.75, 3.05) is 0 Å². The minimum atomic E-state index is 0.640. The molecule has 0 amide bonds. The molecule has 0 aliphatic rings. The summed E-state index contributed by atoms with van der Waals surface area (Å²) in [5, 5.41) is 7.43. The molecule has 0 N–H and O–H groups in total. The van der Waals surface area contributed by atoms with Crippen molar-refractivity contribution in [3.8, 4) is 51.0 Å². The average molecular weight is 740 g/mol. The molecule has 0 aliphatic carbocycles. The second-order valence-electron chi connectivity index (χ2n) is 14.8. The first-order chi connectivity index (χ1) is 28.8. The van der Waals surface area contributed by atoms with Crippen LogP contribution in [0.5, 0.6) is 0 Å². The van der Waals surface area contributed by atoms with E-state index in [0.717, 1.165) is 33.5 Å². The molecule has 5 nitrogen and oxygen atoms in total. The standard InChI is InChI=1S/C53H33N5/c1-3-14-35(15-4-1)51-54-52(36-16-5-2-6-17-36)56-53(55-51)37-28-26-34(27-29-37)38-19-13-20-40(32-38)57-47-25-12-10-23-43(47)45-31-30-44-41-21-8-9-22-42(41)48-33-39-18-7-11-24-46(39)58(48)50(44)49(45)57/h1-33H. The number of para-hydroxylation sites is 2. The molecule has 0 radical (unpaired) electrons. The smallest absolute Gasteiger partial charge is 0.164 e. The van der Waals surface area contributed by atoms with Crippen molar-refractivity contribution < 1.29 is 0 Å². The Labute approximate surface area is 333 Å². The Hall–Kier alpha value is -7.89. The molecule has 0 spiro atoms. The Morgan fingerprint density at radius 2 is 0.793 bits per heavy atom. The maximum absolute atomic E-state index is 4.96. The number of pyridine rings is 1. The minimum Gasteiger partial charge on any atom is -0.307 e. The third-order valence-electron chi connectivity index (χ3n) is 11.5. The van der Waals surface area contributed by atoms with Gasteiger partial charge in [-0.25, -0.2) is 15.0 Å². The Kier molecular flexibility index (Phi) is 7.16. The molecular weight excluding hydrogens is 707 g/mol. The van der Waals surface area contributed by atoms with Crippen LogP contribution in [0.25, 0.3) is 111 Å². The van der Waals surface area contributed by atoms with E-state index in [-0.39, 0.29) is 0 Å². The van der Waals surface area contributed by atoms with Gasteiger partial charge in [-0.05, 0) is 46.8 Å². The molecule has 12 aromatic rings. The second kappa shape index (κ2) is 12.8. The number of fused-ring (bicyclic) bond motifs is 12. The minimum absolute atomic E-state index is 0.640. The zero-order valence-corrected chi connectivity index (χ0v) is 31.3. The number of hydrogen-bond donors (Lipinski definition) is 0. The van der Waals surface area contributed by atoms with Crippen molar-refractivity contribution in [1.82, 2.24) is 23.9 Å². The number of aromatic nitrogens is 5. The maximum Gasteiger partial charge on any atom is 0.164 e. The van der Waals surface area contributed by atoms with Crippen LogP contribution >= 0.6 is 0 Å². The van der Waals surface area contributed by atoms with E-state index in [1.807, 2.05) is 60.7 Å². The lowest BCUT2D eigenvalue weighted by Gasteiger charge is -2.15. The molecule has 270 valence electrons. The van der Waals surface area contributed by atoms with Crippen molar-refractivity contribution in [3.05, 3.63) is 200 Å². The Balaban J connectivity index is 1.04. The first kappa shape index (κ1) is 32.4. The fourth-order valence-electron chi connectivity index (χ4n) is 8.86. The van der Waals surface area contributed by atoms with Gasteiger partial charge in [-0.2, -0.15) is 0 Å². The van der Waals surface area contributed by atoms with Crippen LogP contribution in [0, 0.1) is 0 Å². The number of hydrogen-bond acceptors (Lipinski definition) is 3. The summed E-state index contributed by atoms with van der Waals surface area (Å²) in [4.78, 5) is 14.8. The monoisotopic (exact) mass is 739 g/mol. The molecule has 4 aromatic heterocycles. The van der Waals surface area contributed by atoms with E-state index in [1.165, 1.54) is 59.9 Å². The third kappa shape index (κ3) is 5.00. The molecule has 5 heteroatoms. The van der Waals surface area contributed by atoms with Gasteiger partial charge in [-0.1, -0.05) is 170 Å². The van der Waals surface area contributed by atoms with Gasteiger partial charge < -0.3 is 8.97 Å². The van der Waals surface area contributed by atoms with Gasteiger partial charge in [0.15, 0.2) is 17.5 Å². The highest BCUT2D eigenvalue weighted by atomic mass is 15.0. The van der Waals surface area contributed by atoms with Gasteiger partial charge in [-0.3, -0.25) is 0 Å². The van der Waals surface area contributed by atoms with Crippen molar-refractivity contribution in [3.63, 3.8) is 0 Å². The van der Waals surface area contributed by atoms with E-state index in [9.17, 15) is 0 Å². The first-order valence-corrected chi connectivity index (χ1v) is 19.6. The lowest BCUT2D eigenvalue weighted by molar-refractivity contribution is 1.07. The average Bonchev–Trinajstić information content (AvgIpc) is 3.86. The summed E-state index contributed by atoms with van der Waals surface area (Å²) in [6.07, 6.45) is 0. The maximum atomic E-state index is 4.96. The molecular formula is C53H33N5. The molecule has 0 fully saturated rings. The Morgan fingerprint density at radius 1 is 0.293 bits per heavy atom. The van der Waals surface area contributed by atoms with Gasteiger partial charge in [-0.15, -0.1) is 0 Å². The van der Waals surface area contributed by atoms with E-state index in [0.29, 0.717) is 17.5 Å². The van der Waals surface area contributed by atoms with Crippen LogP contribution in [0.4, 0.5) is 0 Å². The van der Waals surface area contributed by atoms with Gasteiger partial charge >= 0.3 is 0 Å². The number of nitrogens with zero attached hydrogens (tertiary/aromatic N) is 5. The molecule has 0 unspecified atom stereocenters. The van der Waals surface area contributed by atoms with Gasteiger partial charge in [0.05, 0.1) is 27.6 Å². The number of rotatable bonds is 5. The molecule has 58 heavy (non-hydrogen) atoms. The summed E-state index contributed by atoms with van der Waals surface area (Å²) >= 11 is 0. The van der Waals surface area contributed by atoms with Gasteiger partial charge in [0.1, 0.15) is 0 Å². The largest absolute Gasteiger partial charge is 0.307 e. The highest BCUT2D eigenvalue weighted by Crippen LogP contribution is 2.42. The van der Waals surface area contributed by atoms with Gasteiger partial charge in [0.2, 0.25) is 0 Å². The van der Waals surface area contributed by atoms with Crippen molar-refractivity contribution in [2.45, 2.75) is 0 Å². The van der Waals surface area contributed by atoms with Crippen LogP contribution in [0.3, 0.4) is 0 Å². The molecule has 8 aromatic carbocycles. The predicted molar refractivity (Wildman–Crippen MR) is 239 cm³/mol. The van der Waals surface area contributed by atoms with Gasteiger partial charge in [0.25, 0.3) is 0 Å². The predicted octanol–water partition coefficient (Wildman–Crippen LogP) is 13.3. The Morgan fingerprint density at radius 3 is 1.47 bits per heavy atom. The fraction of sp³-hybridized carbons (Fsp3) is 0. The van der Waals surface area contributed by atoms with Crippen LogP contribution in [0.15, 0.2) is 200 Å². The van der Waals surface area contributed by atoms with Gasteiger partial charge in [0, 0.05) is 49.3 Å². The molecule has 0 saturated heterocycles. The summed E-state index contributed by atoms with van der Waals surface area (Å²) in [6.45, 7) is 0. The summed E-state index contributed by atoms with van der Waals surface area (Å²) in [5.41, 5.74) is 12.2. The summed E-state index contributed by atoms with van der Waals surface area (Å²) < 4.78 is 4.95. The van der Waals surface area contributed by atoms with Crippen LogP contribution < -0.4 is 0 Å². The third-order valence-corrected chi connectivity index (χ3v) is 11.5. The van der Waals surface area contributed by atoms with Crippen molar-refractivity contribution >= 4 is 59.9 Å². The highest BCUT2D eigenvalue weighted by Gasteiger charge is 2.21. The lowest BCUT2D eigenvalue weighted by Crippen LogP contribution is -2.00. The van der Waals surface area contributed by atoms with E-state index < -0.39 is 0 Å². The SMILES string of the molecule is c1ccc(-c2nc(-c3ccccc3)nc(-c3ccc(-c4cccc(-n5c6ccccc6c6ccc7c8ccccc8c8cc9ccccc9n8c7c65)c4)cc3)n2)cc1. The lowest BCUT2D eigenvalue weighted by atomic mass is 10.0. The molecule has 0 saturated carbocycles. The highest BCUT2D eigenvalue weighted by molar-refractivity contribution is 6.25. The molecule has 0 aliphatic heterocycles. The quantitative estimate of drug-likeness (QED) is 0.165. The second-order valence-corrected chi connectivity index (χ2v) is 14.8. The molecule has 0 atom stereocenters.